The average molecular weight is 498 g/mol. The van der Waals surface area contributed by atoms with E-state index in [1.54, 1.807) is 0 Å². The van der Waals surface area contributed by atoms with E-state index in [4.69, 9.17) is 9.97 Å². The smallest absolute Gasteiger partial charge is 0.251 e. The Morgan fingerprint density at radius 3 is 2.35 bits per heavy atom. The van der Waals surface area contributed by atoms with Crippen molar-refractivity contribution < 1.29 is 4.79 Å². The highest BCUT2D eigenvalue weighted by molar-refractivity contribution is 5.95. The molecule has 194 valence electrons. The maximum atomic E-state index is 13.2. The quantitative estimate of drug-likeness (QED) is 0.438. The molecule has 0 unspecified atom stereocenters. The number of rotatable bonds is 8. The number of amides is 1. The third-order valence-corrected chi connectivity index (χ3v) is 7.77. The van der Waals surface area contributed by atoms with Crippen molar-refractivity contribution in [2.75, 3.05) is 24.3 Å². The number of nitrogens with zero attached hydrogens (tertiary/aromatic N) is 3. The molecule has 1 amide bonds. The number of anilines is 2. The van der Waals surface area contributed by atoms with E-state index in [0.29, 0.717) is 6.04 Å². The van der Waals surface area contributed by atoms with Gasteiger partial charge in [0.1, 0.15) is 5.82 Å². The molecule has 0 saturated heterocycles. The number of benzene rings is 2. The second kappa shape index (κ2) is 11.8. The molecule has 3 aromatic rings. The standard InChI is InChI=1S/C31H39N5O/c1-36(2)29-27-14-8-9-15-28(27)34-31(35-29)33-25-20-18-24(19-21-25)32-30(37)26-13-7-6-12-23(26)17-16-22-10-4-3-5-11-22/h3-7,10-13,24-25H,8-9,14-21H2,1-2H3,(H,32,37)(H,33,34,35). The van der Waals surface area contributed by atoms with Gasteiger partial charge in [0, 0.05) is 37.3 Å². The predicted molar refractivity (Wildman–Crippen MR) is 150 cm³/mol. The molecule has 0 spiro atoms. The van der Waals surface area contributed by atoms with Gasteiger partial charge < -0.3 is 15.5 Å². The molecule has 6 heteroatoms. The van der Waals surface area contributed by atoms with Gasteiger partial charge in [-0.15, -0.1) is 0 Å². The van der Waals surface area contributed by atoms with Crippen LogP contribution in [0.3, 0.4) is 0 Å². The number of carbonyl (C=O) groups is 1. The van der Waals surface area contributed by atoms with Crippen molar-refractivity contribution in [3.8, 4) is 0 Å². The van der Waals surface area contributed by atoms with E-state index in [1.165, 1.54) is 29.7 Å². The van der Waals surface area contributed by atoms with Crippen LogP contribution in [0.2, 0.25) is 0 Å². The highest BCUT2D eigenvalue weighted by Crippen LogP contribution is 2.29. The minimum absolute atomic E-state index is 0.0497. The summed E-state index contributed by atoms with van der Waals surface area (Å²) < 4.78 is 0. The van der Waals surface area contributed by atoms with Crippen LogP contribution in [0.4, 0.5) is 11.8 Å². The summed E-state index contributed by atoms with van der Waals surface area (Å²) in [5.41, 5.74) is 5.73. The topological polar surface area (TPSA) is 70.2 Å². The van der Waals surface area contributed by atoms with E-state index in [9.17, 15) is 4.79 Å². The summed E-state index contributed by atoms with van der Waals surface area (Å²) in [6.07, 6.45) is 10.2. The Balaban J connectivity index is 1.16. The van der Waals surface area contributed by atoms with Crippen LogP contribution in [0.15, 0.2) is 54.6 Å². The zero-order chi connectivity index (χ0) is 25.6. The number of aromatic nitrogens is 2. The molecule has 2 N–H and O–H groups in total. The van der Waals surface area contributed by atoms with E-state index in [2.05, 4.69) is 60.0 Å². The first-order valence-electron chi connectivity index (χ1n) is 13.8. The fourth-order valence-electron chi connectivity index (χ4n) is 5.72. The number of aryl methyl sites for hydroxylation is 3. The van der Waals surface area contributed by atoms with Gasteiger partial charge in [-0.25, -0.2) is 4.98 Å². The molecule has 2 aromatic carbocycles. The molecule has 1 fully saturated rings. The fraction of sp³-hybridized carbons (Fsp3) is 0.452. The van der Waals surface area contributed by atoms with E-state index in [1.807, 2.05) is 24.3 Å². The number of carbonyl (C=O) groups excluding carboxylic acids is 1. The molecule has 37 heavy (non-hydrogen) atoms. The second-order valence-corrected chi connectivity index (χ2v) is 10.7. The summed E-state index contributed by atoms with van der Waals surface area (Å²) >= 11 is 0. The Morgan fingerprint density at radius 1 is 0.865 bits per heavy atom. The minimum atomic E-state index is 0.0497. The normalized spacial score (nSPS) is 19.1. The van der Waals surface area contributed by atoms with Crippen LogP contribution in [-0.4, -0.2) is 42.1 Å². The largest absolute Gasteiger partial charge is 0.362 e. The predicted octanol–water partition coefficient (Wildman–Crippen LogP) is 5.36. The van der Waals surface area contributed by atoms with Crippen LogP contribution in [0.5, 0.6) is 0 Å². The van der Waals surface area contributed by atoms with Crippen molar-refractivity contribution in [1.82, 2.24) is 15.3 Å². The van der Waals surface area contributed by atoms with Crippen LogP contribution < -0.4 is 15.5 Å². The lowest BCUT2D eigenvalue weighted by molar-refractivity contribution is 0.0925. The number of fused-ring (bicyclic) bond motifs is 1. The van der Waals surface area contributed by atoms with Crippen molar-refractivity contribution in [3.63, 3.8) is 0 Å². The zero-order valence-corrected chi connectivity index (χ0v) is 22.2. The molecule has 0 radical (unpaired) electrons. The number of nitrogens with one attached hydrogen (secondary N) is 2. The van der Waals surface area contributed by atoms with Crippen molar-refractivity contribution in [3.05, 3.63) is 82.5 Å². The summed E-state index contributed by atoms with van der Waals surface area (Å²) in [4.78, 5) is 25.1. The first-order valence-corrected chi connectivity index (χ1v) is 13.8. The van der Waals surface area contributed by atoms with Crippen molar-refractivity contribution in [2.24, 2.45) is 0 Å². The van der Waals surface area contributed by atoms with Gasteiger partial charge in [0.2, 0.25) is 5.95 Å². The third kappa shape index (κ3) is 6.30. The molecule has 6 nitrogen and oxygen atoms in total. The molecule has 2 aliphatic carbocycles. The lowest BCUT2D eigenvalue weighted by Gasteiger charge is -2.30. The number of hydrogen-bond acceptors (Lipinski definition) is 5. The van der Waals surface area contributed by atoms with Gasteiger partial charge in [-0.05, 0) is 81.4 Å². The maximum Gasteiger partial charge on any atom is 0.251 e. The Labute approximate surface area is 220 Å². The molecule has 0 bridgehead atoms. The molecule has 0 atom stereocenters. The lowest BCUT2D eigenvalue weighted by Crippen LogP contribution is -2.40. The van der Waals surface area contributed by atoms with Crippen molar-refractivity contribution >= 4 is 17.7 Å². The molecular formula is C31H39N5O. The molecule has 1 aromatic heterocycles. The van der Waals surface area contributed by atoms with Gasteiger partial charge in [-0.2, -0.15) is 4.98 Å². The molecule has 0 aliphatic heterocycles. The maximum absolute atomic E-state index is 13.2. The van der Waals surface area contributed by atoms with Gasteiger partial charge in [-0.1, -0.05) is 48.5 Å². The van der Waals surface area contributed by atoms with E-state index < -0.39 is 0 Å². The Morgan fingerprint density at radius 2 is 1.57 bits per heavy atom. The Bertz CT molecular complexity index is 1200. The van der Waals surface area contributed by atoms with Crippen LogP contribution >= 0.6 is 0 Å². The van der Waals surface area contributed by atoms with Crippen molar-refractivity contribution in [1.29, 1.82) is 0 Å². The van der Waals surface area contributed by atoms with Gasteiger partial charge >= 0.3 is 0 Å². The summed E-state index contributed by atoms with van der Waals surface area (Å²) in [6.45, 7) is 0. The molecule has 2 aliphatic rings. The third-order valence-electron chi connectivity index (χ3n) is 7.77. The average Bonchev–Trinajstić information content (AvgIpc) is 2.93. The highest BCUT2D eigenvalue weighted by Gasteiger charge is 2.25. The monoisotopic (exact) mass is 497 g/mol. The summed E-state index contributed by atoms with van der Waals surface area (Å²) in [7, 11) is 4.13. The Hall–Kier alpha value is -3.41. The Kier molecular flexibility index (Phi) is 8.02. The van der Waals surface area contributed by atoms with E-state index in [-0.39, 0.29) is 11.9 Å². The van der Waals surface area contributed by atoms with E-state index >= 15 is 0 Å². The zero-order valence-electron chi connectivity index (χ0n) is 22.2. The lowest BCUT2D eigenvalue weighted by atomic mass is 9.90. The van der Waals surface area contributed by atoms with Gasteiger partial charge in [0.15, 0.2) is 0 Å². The molecule has 1 heterocycles. The van der Waals surface area contributed by atoms with E-state index in [0.717, 1.165) is 74.3 Å². The fourth-order valence-corrected chi connectivity index (χ4v) is 5.72. The molecular weight excluding hydrogens is 458 g/mol. The van der Waals surface area contributed by atoms with Gasteiger partial charge in [0.05, 0.1) is 5.69 Å². The summed E-state index contributed by atoms with van der Waals surface area (Å²) in [6, 6.07) is 19.0. The SMILES string of the molecule is CN(C)c1nc(NC2CCC(NC(=O)c3ccccc3CCc3ccccc3)CC2)nc2c1CCCC2. The van der Waals surface area contributed by atoms with Crippen LogP contribution in [-0.2, 0) is 25.7 Å². The van der Waals surface area contributed by atoms with Crippen LogP contribution in [0.1, 0.15) is 71.3 Å². The van der Waals surface area contributed by atoms with Crippen LogP contribution in [0.25, 0.3) is 0 Å². The first kappa shape index (κ1) is 25.2. The summed E-state index contributed by atoms with van der Waals surface area (Å²) in [5.74, 6) is 1.86. The van der Waals surface area contributed by atoms with Crippen molar-refractivity contribution in [2.45, 2.75) is 76.3 Å². The number of hydrogen-bond donors (Lipinski definition) is 2. The molecule has 5 rings (SSSR count). The van der Waals surface area contributed by atoms with Gasteiger partial charge in [0.25, 0.3) is 5.91 Å². The minimum Gasteiger partial charge on any atom is -0.362 e. The first-order chi connectivity index (χ1) is 18.1. The second-order valence-electron chi connectivity index (χ2n) is 10.7. The summed E-state index contributed by atoms with van der Waals surface area (Å²) in [5, 5.41) is 6.93. The molecule has 1 saturated carbocycles. The highest BCUT2D eigenvalue weighted by atomic mass is 16.1. The van der Waals surface area contributed by atoms with Gasteiger partial charge in [-0.3, -0.25) is 4.79 Å². The van der Waals surface area contributed by atoms with Crippen LogP contribution in [0, 0.1) is 0 Å².